The van der Waals surface area contributed by atoms with Crippen LogP contribution in [0.4, 0.5) is 0 Å². The summed E-state index contributed by atoms with van der Waals surface area (Å²) in [5.74, 6) is 0.824. The van der Waals surface area contributed by atoms with E-state index < -0.39 is 0 Å². The molecule has 0 unspecified atom stereocenters. The molecule has 3 rings (SSSR count). The molecule has 0 aliphatic carbocycles. The molecule has 0 atom stereocenters. The topological polar surface area (TPSA) is 63.0 Å². The fourth-order valence-electron chi connectivity index (χ4n) is 2.77. The Morgan fingerprint density at radius 2 is 1.72 bits per heavy atom. The molecule has 0 spiro atoms. The lowest BCUT2D eigenvalue weighted by Gasteiger charge is -2.34. The molecule has 0 radical (unpaired) electrons. The van der Waals surface area contributed by atoms with Gasteiger partial charge in [-0.25, -0.2) is 0 Å². The van der Waals surface area contributed by atoms with Crippen LogP contribution >= 0.6 is 0 Å². The van der Waals surface area contributed by atoms with Crippen LogP contribution < -0.4 is 4.74 Å². The van der Waals surface area contributed by atoms with Gasteiger partial charge in [0, 0.05) is 26.2 Å². The van der Waals surface area contributed by atoms with Crippen molar-refractivity contribution in [3.63, 3.8) is 0 Å². The minimum Gasteiger partial charge on any atom is -0.484 e. The summed E-state index contributed by atoms with van der Waals surface area (Å²) in [6.07, 6.45) is 2.46. The van der Waals surface area contributed by atoms with Gasteiger partial charge in [-0.1, -0.05) is 19.1 Å². The highest BCUT2D eigenvalue weighted by molar-refractivity contribution is 5.91. The van der Waals surface area contributed by atoms with Crippen LogP contribution in [0.25, 0.3) is 0 Å². The highest BCUT2D eigenvalue weighted by atomic mass is 16.5. The van der Waals surface area contributed by atoms with E-state index in [2.05, 4.69) is 6.92 Å². The van der Waals surface area contributed by atoms with Crippen LogP contribution in [0, 0.1) is 0 Å². The van der Waals surface area contributed by atoms with Gasteiger partial charge in [-0.2, -0.15) is 0 Å². The molecule has 1 fully saturated rings. The van der Waals surface area contributed by atoms with Crippen LogP contribution in [0.5, 0.6) is 5.75 Å². The molecule has 132 valence electrons. The average Bonchev–Trinajstić information content (AvgIpc) is 3.21. The van der Waals surface area contributed by atoms with Gasteiger partial charge in [0.05, 0.1) is 6.26 Å². The van der Waals surface area contributed by atoms with Gasteiger partial charge < -0.3 is 19.0 Å². The summed E-state index contributed by atoms with van der Waals surface area (Å²) in [5, 5.41) is 0. The lowest BCUT2D eigenvalue weighted by atomic mass is 10.2. The van der Waals surface area contributed by atoms with E-state index in [0.29, 0.717) is 37.7 Å². The molecule has 1 aliphatic heterocycles. The second-order valence-corrected chi connectivity index (χ2v) is 5.94. The number of hydrogen-bond acceptors (Lipinski definition) is 4. The average molecular weight is 342 g/mol. The summed E-state index contributed by atoms with van der Waals surface area (Å²) in [7, 11) is 0. The van der Waals surface area contributed by atoms with Gasteiger partial charge in [0.15, 0.2) is 12.4 Å². The molecule has 25 heavy (non-hydrogen) atoms. The van der Waals surface area contributed by atoms with Crippen LogP contribution in [0.15, 0.2) is 47.1 Å². The number of hydrogen-bond donors (Lipinski definition) is 0. The van der Waals surface area contributed by atoms with Crippen molar-refractivity contribution in [2.45, 2.75) is 13.3 Å². The second kappa shape index (κ2) is 7.88. The number of aryl methyl sites for hydroxylation is 1. The lowest BCUT2D eigenvalue weighted by molar-refractivity contribution is -0.134. The van der Waals surface area contributed by atoms with E-state index in [-0.39, 0.29) is 18.4 Å². The molecule has 1 aliphatic rings. The number of ether oxygens (including phenoxy) is 1. The molecule has 1 aromatic carbocycles. The minimum absolute atomic E-state index is 0.0115. The van der Waals surface area contributed by atoms with Crippen molar-refractivity contribution in [2.75, 3.05) is 32.8 Å². The van der Waals surface area contributed by atoms with Crippen LogP contribution in [0.1, 0.15) is 23.0 Å². The van der Waals surface area contributed by atoms with E-state index >= 15 is 0 Å². The Balaban J connectivity index is 1.45. The third kappa shape index (κ3) is 4.21. The number of carbonyl (C=O) groups excluding carboxylic acids is 2. The van der Waals surface area contributed by atoms with E-state index in [9.17, 15) is 9.59 Å². The summed E-state index contributed by atoms with van der Waals surface area (Å²) in [5.41, 5.74) is 1.23. The first-order chi connectivity index (χ1) is 12.2. The van der Waals surface area contributed by atoms with Gasteiger partial charge in [-0.15, -0.1) is 0 Å². The monoisotopic (exact) mass is 342 g/mol. The normalized spacial score (nSPS) is 14.4. The third-order valence-electron chi connectivity index (χ3n) is 4.35. The summed E-state index contributed by atoms with van der Waals surface area (Å²) in [6.45, 7) is 4.10. The van der Waals surface area contributed by atoms with E-state index in [0.717, 1.165) is 6.42 Å². The van der Waals surface area contributed by atoms with E-state index in [1.165, 1.54) is 11.8 Å². The first-order valence-electron chi connectivity index (χ1n) is 8.49. The highest BCUT2D eigenvalue weighted by Crippen LogP contribution is 2.13. The zero-order valence-electron chi connectivity index (χ0n) is 14.3. The second-order valence-electron chi connectivity index (χ2n) is 5.94. The van der Waals surface area contributed by atoms with Crippen molar-refractivity contribution < 1.29 is 18.7 Å². The maximum Gasteiger partial charge on any atom is 0.289 e. The first kappa shape index (κ1) is 17.1. The summed E-state index contributed by atoms with van der Waals surface area (Å²) in [4.78, 5) is 27.9. The predicted molar refractivity (Wildman–Crippen MR) is 92.5 cm³/mol. The number of amides is 2. The fourth-order valence-corrected chi connectivity index (χ4v) is 2.77. The molecule has 2 heterocycles. The summed E-state index contributed by atoms with van der Waals surface area (Å²) in [6, 6.07) is 11.1. The van der Waals surface area contributed by atoms with Crippen LogP contribution in [0.3, 0.4) is 0 Å². The lowest BCUT2D eigenvalue weighted by Crippen LogP contribution is -2.51. The predicted octanol–water partition coefficient (Wildman–Crippen LogP) is 2.21. The highest BCUT2D eigenvalue weighted by Gasteiger charge is 2.26. The summed E-state index contributed by atoms with van der Waals surface area (Å²) < 4.78 is 10.7. The molecule has 2 amide bonds. The van der Waals surface area contributed by atoms with Gasteiger partial charge >= 0.3 is 0 Å². The van der Waals surface area contributed by atoms with Crippen LogP contribution in [-0.4, -0.2) is 54.4 Å². The summed E-state index contributed by atoms with van der Waals surface area (Å²) >= 11 is 0. The molecular weight excluding hydrogens is 320 g/mol. The number of nitrogens with zero attached hydrogens (tertiary/aromatic N) is 2. The SMILES string of the molecule is CCc1ccc(OCC(=O)N2CCN(C(=O)c3ccco3)CC2)cc1. The molecule has 6 nitrogen and oxygen atoms in total. The maximum atomic E-state index is 12.3. The molecular formula is C19H22N2O4. The van der Waals surface area contributed by atoms with Gasteiger partial charge in [0.2, 0.25) is 0 Å². The van der Waals surface area contributed by atoms with Gasteiger partial charge in [0.25, 0.3) is 11.8 Å². The zero-order valence-corrected chi connectivity index (χ0v) is 14.3. The van der Waals surface area contributed by atoms with Gasteiger partial charge in [-0.3, -0.25) is 9.59 Å². The van der Waals surface area contributed by atoms with Gasteiger partial charge in [-0.05, 0) is 36.2 Å². The minimum atomic E-state index is -0.135. The standard InChI is InChI=1S/C19H22N2O4/c1-2-15-5-7-16(8-6-15)25-14-18(22)20-9-11-21(12-10-20)19(23)17-4-3-13-24-17/h3-8,13H,2,9-12,14H2,1H3. The van der Waals surface area contributed by atoms with Crippen molar-refractivity contribution >= 4 is 11.8 Å². The quantitative estimate of drug-likeness (QED) is 0.836. The molecule has 6 heteroatoms. The van der Waals surface area contributed by atoms with E-state index in [1.54, 1.807) is 21.9 Å². The molecule has 1 saturated heterocycles. The number of furan rings is 1. The zero-order chi connectivity index (χ0) is 17.6. The Kier molecular flexibility index (Phi) is 5.38. The first-order valence-corrected chi connectivity index (χ1v) is 8.49. The molecule has 0 saturated carbocycles. The molecule has 1 aromatic heterocycles. The Hall–Kier alpha value is -2.76. The number of piperazine rings is 1. The molecule has 0 N–H and O–H groups in total. The fraction of sp³-hybridized carbons (Fsp3) is 0.368. The smallest absolute Gasteiger partial charge is 0.289 e. The van der Waals surface area contributed by atoms with E-state index in [4.69, 9.17) is 9.15 Å². The van der Waals surface area contributed by atoms with Crippen molar-refractivity contribution in [1.82, 2.24) is 9.80 Å². The Morgan fingerprint density at radius 3 is 2.32 bits per heavy atom. The van der Waals surface area contributed by atoms with Crippen molar-refractivity contribution in [3.8, 4) is 5.75 Å². The van der Waals surface area contributed by atoms with E-state index in [1.807, 2.05) is 24.3 Å². The van der Waals surface area contributed by atoms with Crippen molar-refractivity contribution in [3.05, 3.63) is 54.0 Å². The number of carbonyl (C=O) groups is 2. The third-order valence-corrected chi connectivity index (χ3v) is 4.35. The van der Waals surface area contributed by atoms with Crippen molar-refractivity contribution in [1.29, 1.82) is 0 Å². The van der Waals surface area contributed by atoms with Gasteiger partial charge in [0.1, 0.15) is 5.75 Å². The maximum absolute atomic E-state index is 12.3. The largest absolute Gasteiger partial charge is 0.484 e. The Labute approximate surface area is 147 Å². The number of benzene rings is 1. The van der Waals surface area contributed by atoms with Crippen LogP contribution in [-0.2, 0) is 11.2 Å². The Morgan fingerprint density at radius 1 is 1.04 bits per heavy atom. The molecule has 0 bridgehead atoms. The van der Waals surface area contributed by atoms with Crippen LogP contribution in [0.2, 0.25) is 0 Å². The molecule has 2 aromatic rings. The number of rotatable bonds is 5. The van der Waals surface area contributed by atoms with Crippen molar-refractivity contribution in [2.24, 2.45) is 0 Å². The Bertz CT molecular complexity index is 702.